The van der Waals surface area contributed by atoms with Gasteiger partial charge in [-0.2, -0.15) is 5.26 Å². The minimum atomic E-state index is -0.689. The lowest BCUT2D eigenvalue weighted by atomic mass is 9.97. The lowest BCUT2D eigenvalue weighted by molar-refractivity contribution is -0.117. The summed E-state index contributed by atoms with van der Waals surface area (Å²) in [6.45, 7) is 7.03. The molecule has 3 amide bonds. The third-order valence-corrected chi connectivity index (χ3v) is 7.26. The zero-order chi connectivity index (χ0) is 34.1. The van der Waals surface area contributed by atoms with E-state index < -0.39 is 23.6 Å². The Morgan fingerprint density at radius 1 is 1.09 bits per heavy atom. The first-order valence-electron chi connectivity index (χ1n) is 14.3. The topological polar surface area (TPSA) is 165 Å². The number of thiazole rings is 1. The molecule has 1 atom stereocenters. The molecular formula is C33H33ClN6O6S. The maximum atomic E-state index is 13.0. The summed E-state index contributed by atoms with van der Waals surface area (Å²) in [6.07, 6.45) is 0.108. The van der Waals surface area contributed by atoms with E-state index in [2.05, 4.69) is 32.0 Å². The van der Waals surface area contributed by atoms with Crippen molar-refractivity contribution in [2.75, 3.05) is 24.5 Å². The molecule has 0 aliphatic heterocycles. The molecule has 0 radical (unpaired) electrons. The van der Waals surface area contributed by atoms with Gasteiger partial charge in [-0.05, 0) is 69.7 Å². The van der Waals surface area contributed by atoms with Crippen LogP contribution in [0.4, 0.5) is 16.3 Å². The number of alkyl carbamates (subject to hydrolysis) is 1. The van der Waals surface area contributed by atoms with Crippen molar-refractivity contribution in [1.29, 1.82) is 5.26 Å². The van der Waals surface area contributed by atoms with Crippen molar-refractivity contribution in [1.82, 2.24) is 15.3 Å². The predicted molar refractivity (Wildman–Crippen MR) is 179 cm³/mol. The van der Waals surface area contributed by atoms with Crippen LogP contribution in [0.25, 0.3) is 22.4 Å². The minimum Gasteiger partial charge on any atom is -0.467 e. The van der Waals surface area contributed by atoms with Crippen molar-refractivity contribution in [3.8, 4) is 34.2 Å². The summed E-state index contributed by atoms with van der Waals surface area (Å²) in [5, 5.41) is 20.8. The Morgan fingerprint density at radius 3 is 2.55 bits per heavy atom. The number of pyridine rings is 1. The zero-order valence-corrected chi connectivity index (χ0v) is 27.9. The number of nitriles is 1. The second-order valence-corrected chi connectivity index (χ2v) is 12.6. The quantitative estimate of drug-likeness (QED) is 0.144. The van der Waals surface area contributed by atoms with Crippen molar-refractivity contribution >= 4 is 52.4 Å². The minimum absolute atomic E-state index is 0.00165. The summed E-state index contributed by atoms with van der Waals surface area (Å²) in [6, 6.07) is 15.7. The molecule has 244 valence electrons. The van der Waals surface area contributed by atoms with Crippen LogP contribution in [0.3, 0.4) is 0 Å². The van der Waals surface area contributed by atoms with E-state index in [0.29, 0.717) is 38.8 Å². The average molecular weight is 677 g/mol. The monoisotopic (exact) mass is 676 g/mol. The molecule has 0 spiro atoms. The van der Waals surface area contributed by atoms with E-state index in [1.807, 2.05) is 20.8 Å². The summed E-state index contributed by atoms with van der Waals surface area (Å²) in [7, 11) is 1.48. The van der Waals surface area contributed by atoms with Crippen LogP contribution in [0.15, 0.2) is 60.1 Å². The molecule has 0 saturated carbocycles. The first-order valence-corrected chi connectivity index (χ1v) is 15.6. The molecule has 2 aromatic carbocycles. The van der Waals surface area contributed by atoms with Crippen LogP contribution in [-0.4, -0.2) is 53.4 Å². The second kappa shape index (κ2) is 15.5. The van der Waals surface area contributed by atoms with Gasteiger partial charge in [0, 0.05) is 46.1 Å². The number of halogens is 1. The van der Waals surface area contributed by atoms with Crippen LogP contribution in [0, 0.1) is 11.3 Å². The highest BCUT2D eigenvalue weighted by Crippen LogP contribution is 2.38. The maximum absolute atomic E-state index is 13.0. The van der Waals surface area contributed by atoms with Gasteiger partial charge in [0.1, 0.15) is 23.5 Å². The number of anilines is 2. The number of rotatable bonds is 11. The van der Waals surface area contributed by atoms with Crippen LogP contribution in [0.5, 0.6) is 5.75 Å². The molecule has 2 aromatic heterocycles. The Bertz CT molecular complexity index is 1800. The molecule has 4 aromatic rings. The van der Waals surface area contributed by atoms with Gasteiger partial charge in [0.15, 0.2) is 17.6 Å². The highest BCUT2D eigenvalue weighted by Gasteiger charge is 2.22. The molecule has 3 N–H and O–H groups in total. The number of carbonyl (C=O) groups excluding carboxylic acids is 3. The molecule has 0 aliphatic rings. The van der Waals surface area contributed by atoms with Crippen molar-refractivity contribution < 1.29 is 28.6 Å². The van der Waals surface area contributed by atoms with Gasteiger partial charge >= 0.3 is 6.09 Å². The Kier molecular flexibility index (Phi) is 11.5. The molecule has 0 unspecified atom stereocenters. The van der Waals surface area contributed by atoms with E-state index >= 15 is 0 Å². The Labute approximate surface area is 281 Å². The number of carbonyl (C=O) groups is 3. The van der Waals surface area contributed by atoms with Gasteiger partial charge in [-0.1, -0.05) is 23.7 Å². The summed E-state index contributed by atoms with van der Waals surface area (Å²) >= 11 is 7.39. The predicted octanol–water partition coefficient (Wildman–Crippen LogP) is 6.87. The van der Waals surface area contributed by atoms with Gasteiger partial charge in [-0.25, -0.2) is 14.8 Å². The maximum Gasteiger partial charge on any atom is 0.407 e. The first-order chi connectivity index (χ1) is 22.4. The average Bonchev–Trinajstić information content (AvgIpc) is 3.54. The fourth-order valence-electron chi connectivity index (χ4n) is 4.36. The standard InChI is InChI=1S/C33H33ClN6O6S/c1-19(46-32(43)40-33(2,3)4)13-28(41)37-22-8-6-7-20(14-22)24-16-26(23-10-9-21(34)15-27(23)45-18-44-5)38-29(25(24)17-35)39-30(42)31-36-11-12-47-31/h6-12,14-16,19H,13,18H2,1-5H3,(H,37,41)(H,40,43)(H,38,39,42)/t19-/m0/s1. The summed E-state index contributed by atoms with van der Waals surface area (Å²) < 4.78 is 16.1. The number of aromatic nitrogens is 2. The molecule has 14 heteroatoms. The number of hydrogen-bond donors (Lipinski definition) is 3. The number of nitrogens with one attached hydrogen (secondary N) is 3. The molecule has 47 heavy (non-hydrogen) atoms. The number of ether oxygens (including phenoxy) is 3. The number of hydrogen-bond acceptors (Lipinski definition) is 10. The van der Waals surface area contributed by atoms with Crippen LogP contribution in [-0.2, 0) is 14.3 Å². The second-order valence-electron chi connectivity index (χ2n) is 11.3. The van der Waals surface area contributed by atoms with E-state index in [0.717, 1.165) is 11.3 Å². The Balaban J connectivity index is 1.70. The van der Waals surface area contributed by atoms with Gasteiger partial charge in [0.25, 0.3) is 5.91 Å². The van der Waals surface area contributed by atoms with Crippen LogP contribution < -0.4 is 20.7 Å². The van der Waals surface area contributed by atoms with E-state index in [-0.39, 0.29) is 35.5 Å². The molecular weight excluding hydrogens is 644 g/mol. The van der Waals surface area contributed by atoms with Gasteiger partial charge in [-0.15, -0.1) is 11.3 Å². The van der Waals surface area contributed by atoms with E-state index in [9.17, 15) is 19.6 Å². The van der Waals surface area contributed by atoms with E-state index in [1.165, 1.54) is 13.3 Å². The van der Waals surface area contributed by atoms with Crippen molar-refractivity contribution in [2.45, 2.75) is 45.8 Å². The Hall–Kier alpha value is -5.03. The number of amides is 3. The lowest BCUT2D eigenvalue weighted by Gasteiger charge is -2.22. The third-order valence-electron chi connectivity index (χ3n) is 6.26. The summed E-state index contributed by atoms with van der Waals surface area (Å²) in [4.78, 5) is 46.7. The number of benzene rings is 2. The van der Waals surface area contributed by atoms with E-state index in [1.54, 1.807) is 60.8 Å². The van der Waals surface area contributed by atoms with Crippen molar-refractivity contribution in [3.63, 3.8) is 0 Å². The molecule has 0 bridgehead atoms. The van der Waals surface area contributed by atoms with Crippen LogP contribution in [0.1, 0.15) is 49.5 Å². The fraction of sp³-hybridized carbons (Fsp3) is 0.273. The molecule has 4 rings (SSSR count). The van der Waals surface area contributed by atoms with Gasteiger partial charge in [0.05, 0.1) is 12.1 Å². The highest BCUT2D eigenvalue weighted by molar-refractivity contribution is 7.11. The first kappa shape index (κ1) is 34.8. The number of nitrogens with zero attached hydrogens (tertiary/aromatic N) is 3. The van der Waals surface area contributed by atoms with Gasteiger partial charge in [-0.3, -0.25) is 9.59 Å². The SMILES string of the molecule is COCOc1cc(Cl)ccc1-c1cc(-c2cccc(NC(=O)C[C@H](C)OC(=O)NC(C)(C)C)c2)c(C#N)c(NC(=O)c2nccs2)n1. The smallest absolute Gasteiger partial charge is 0.407 e. The van der Waals surface area contributed by atoms with Crippen molar-refractivity contribution in [2.24, 2.45) is 0 Å². The number of methoxy groups -OCH3 is 1. The van der Waals surface area contributed by atoms with E-state index in [4.69, 9.17) is 25.8 Å². The molecule has 2 heterocycles. The largest absolute Gasteiger partial charge is 0.467 e. The van der Waals surface area contributed by atoms with Crippen LogP contribution >= 0.6 is 22.9 Å². The van der Waals surface area contributed by atoms with Gasteiger partial charge in [0.2, 0.25) is 5.91 Å². The molecule has 0 aliphatic carbocycles. The fourth-order valence-corrected chi connectivity index (χ4v) is 5.05. The zero-order valence-electron chi connectivity index (χ0n) is 26.3. The molecule has 0 fully saturated rings. The van der Waals surface area contributed by atoms with Crippen molar-refractivity contribution in [3.05, 3.63) is 75.7 Å². The third kappa shape index (κ3) is 9.73. The Morgan fingerprint density at radius 2 is 1.87 bits per heavy atom. The highest BCUT2D eigenvalue weighted by atomic mass is 35.5. The van der Waals surface area contributed by atoms with Crippen LogP contribution in [0.2, 0.25) is 5.02 Å². The van der Waals surface area contributed by atoms with Gasteiger partial charge < -0.3 is 30.2 Å². The molecule has 0 saturated heterocycles. The normalized spacial score (nSPS) is 11.6. The summed E-state index contributed by atoms with van der Waals surface area (Å²) in [5.41, 5.74) is 1.90. The summed E-state index contributed by atoms with van der Waals surface area (Å²) in [5.74, 6) is -0.547. The molecule has 12 nitrogen and oxygen atoms in total. The lowest BCUT2D eigenvalue weighted by Crippen LogP contribution is -2.42.